The molecule has 0 radical (unpaired) electrons. The molecule has 0 saturated carbocycles. The maximum absolute atomic E-state index is 13.0. The van der Waals surface area contributed by atoms with Crippen LogP contribution < -0.4 is 0 Å². The molecule has 1 aliphatic rings. The summed E-state index contributed by atoms with van der Waals surface area (Å²) in [7, 11) is -2.71. The number of benzene rings is 1. The third-order valence-corrected chi connectivity index (χ3v) is 7.28. The molecule has 1 fully saturated rings. The fourth-order valence-electron chi connectivity index (χ4n) is 3.08. The van der Waals surface area contributed by atoms with E-state index in [9.17, 15) is 24.2 Å². The van der Waals surface area contributed by atoms with E-state index in [1.54, 1.807) is 0 Å². The summed E-state index contributed by atoms with van der Waals surface area (Å²) in [6, 6.07) is 8.20. The summed E-state index contributed by atoms with van der Waals surface area (Å²) in [5.74, 6) is -1.70. The lowest BCUT2D eigenvalue weighted by molar-refractivity contribution is -0.147. The van der Waals surface area contributed by atoms with Crippen molar-refractivity contribution in [3.63, 3.8) is 0 Å². The number of nitrogens with zero attached hydrogens (tertiary/aromatic N) is 1. The molecule has 2 N–H and O–H groups in total. The number of ether oxygens (including phenoxy) is 1. The normalized spacial score (nSPS) is 22.2. The Kier molecular flexibility index (Phi) is 6.03. The summed E-state index contributed by atoms with van der Waals surface area (Å²) >= 11 is 0. The molecule has 0 spiro atoms. The predicted octanol–water partition coefficient (Wildman–Crippen LogP) is 1.94. The van der Waals surface area contributed by atoms with Crippen LogP contribution in [0.2, 0.25) is 0 Å². The summed E-state index contributed by atoms with van der Waals surface area (Å²) in [5.41, 5.74) is 0.818. The minimum Gasteiger partial charge on any atom is -0.480 e. The highest BCUT2D eigenvalue weighted by atomic mass is 31.2. The zero-order chi connectivity index (χ0) is 18.7. The third-order valence-electron chi connectivity index (χ3n) is 4.76. The van der Waals surface area contributed by atoms with E-state index in [4.69, 9.17) is 4.74 Å². The highest BCUT2D eigenvalue weighted by molar-refractivity contribution is 7.60. The van der Waals surface area contributed by atoms with Crippen molar-refractivity contribution in [2.45, 2.75) is 37.6 Å². The molecular formula is C17H24NO6P. The number of hydrogen-bond donors (Lipinski definition) is 2. The summed E-state index contributed by atoms with van der Waals surface area (Å²) in [4.78, 5) is 35.5. The van der Waals surface area contributed by atoms with Crippen LogP contribution in [0.25, 0.3) is 0 Å². The Hall–Kier alpha value is -1.69. The molecule has 3 atom stereocenters. The van der Waals surface area contributed by atoms with Crippen LogP contribution in [0, 0.1) is 0 Å². The fraction of sp³-hybridized carbons (Fsp3) is 0.529. The average Bonchev–Trinajstić information content (AvgIpc) is 3.05. The van der Waals surface area contributed by atoms with Gasteiger partial charge in [-0.2, -0.15) is 0 Å². The first kappa shape index (κ1) is 19.6. The van der Waals surface area contributed by atoms with E-state index in [0.29, 0.717) is 12.8 Å². The van der Waals surface area contributed by atoms with Crippen molar-refractivity contribution in [1.29, 1.82) is 0 Å². The van der Waals surface area contributed by atoms with E-state index in [1.807, 2.05) is 30.3 Å². The zero-order valence-corrected chi connectivity index (χ0v) is 15.3. The first-order valence-corrected chi connectivity index (χ1v) is 9.98. The summed E-state index contributed by atoms with van der Waals surface area (Å²) in [6.07, 6.45) is 0.480. The second-order valence-electron chi connectivity index (χ2n) is 6.48. The number of amides is 1. The number of carbonyl (C=O) groups excluding carboxylic acids is 1. The van der Waals surface area contributed by atoms with Crippen molar-refractivity contribution in [3.8, 4) is 0 Å². The van der Waals surface area contributed by atoms with Gasteiger partial charge in [0.25, 0.3) is 0 Å². The van der Waals surface area contributed by atoms with Gasteiger partial charge in [0.1, 0.15) is 17.5 Å². The molecule has 1 aromatic rings. The molecule has 0 bridgehead atoms. The Labute approximate surface area is 147 Å². The molecule has 1 amide bonds. The maximum atomic E-state index is 13.0. The lowest BCUT2D eigenvalue weighted by Crippen LogP contribution is -2.43. The smallest absolute Gasteiger partial charge is 0.326 e. The van der Waals surface area contributed by atoms with Gasteiger partial charge >= 0.3 is 5.97 Å². The standard InChI is InChI=1S/C17H24NO6P/c1-17(24-2,11-13-7-4-3-5-8-13)25(22,23)12-15(19)18-10-6-9-14(18)16(20)21/h3-5,7-8,14H,6,9-12H2,1-2H3,(H,20,21)(H,22,23). The van der Waals surface area contributed by atoms with Crippen LogP contribution in [0.4, 0.5) is 0 Å². The van der Waals surface area contributed by atoms with Gasteiger partial charge in [0.15, 0.2) is 0 Å². The van der Waals surface area contributed by atoms with Gasteiger partial charge in [-0.1, -0.05) is 30.3 Å². The monoisotopic (exact) mass is 369 g/mol. The number of methoxy groups -OCH3 is 1. The van der Waals surface area contributed by atoms with Crippen molar-refractivity contribution in [1.82, 2.24) is 4.90 Å². The van der Waals surface area contributed by atoms with Gasteiger partial charge in [-0.25, -0.2) is 4.79 Å². The minimum atomic E-state index is -4.05. The van der Waals surface area contributed by atoms with Crippen LogP contribution in [-0.4, -0.2) is 58.0 Å². The maximum Gasteiger partial charge on any atom is 0.326 e. The lowest BCUT2D eigenvalue weighted by Gasteiger charge is -2.34. The van der Waals surface area contributed by atoms with E-state index < -0.39 is 36.8 Å². The van der Waals surface area contributed by atoms with Crippen LogP contribution >= 0.6 is 7.37 Å². The lowest BCUT2D eigenvalue weighted by atomic mass is 10.1. The van der Waals surface area contributed by atoms with Gasteiger partial charge in [-0.15, -0.1) is 0 Å². The Morgan fingerprint density at radius 2 is 2.00 bits per heavy atom. The quantitative estimate of drug-likeness (QED) is 0.712. The van der Waals surface area contributed by atoms with E-state index in [0.717, 1.165) is 5.56 Å². The number of likely N-dealkylation sites (tertiary alicyclic amines) is 1. The first-order chi connectivity index (χ1) is 11.7. The Bertz CT molecular complexity index is 679. The molecule has 25 heavy (non-hydrogen) atoms. The molecule has 8 heteroatoms. The topological polar surface area (TPSA) is 104 Å². The number of rotatable bonds is 7. The van der Waals surface area contributed by atoms with Gasteiger partial charge in [-0.3, -0.25) is 9.36 Å². The molecule has 1 aliphatic heterocycles. The van der Waals surface area contributed by atoms with Crippen molar-refractivity contribution in [2.24, 2.45) is 0 Å². The predicted molar refractivity (Wildman–Crippen MR) is 92.6 cm³/mol. The van der Waals surface area contributed by atoms with E-state index >= 15 is 0 Å². The summed E-state index contributed by atoms with van der Waals surface area (Å²) in [6.45, 7) is 1.80. The largest absolute Gasteiger partial charge is 0.480 e. The van der Waals surface area contributed by atoms with Gasteiger partial charge in [-0.05, 0) is 25.3 Å². The van der Waals surface area contributed by atoms with Crippen LogP contribution in [0.1, 0.15) is 25.3 Å². The molecule has 0 aliphatic carbocycles. The highest BCUT2D eigenvalue weighted by Gasteiger charge is 2.47. The minimum absolute atomic E-state index is 0.174. The van der Waals surface area contributed by atoms with Crippen LogP contribution in [0.15, 0.2) is 30.3 Å². The molecule has 1 saturated heterocycles. The van der Waals surface area contributed by atoms with E-state index in [2.05, 4.69) is 0 Å². The second kappa shape index (κ2) is 7.68. The Morgan fingerprint density at radius 1 is 1.36 bits per heavy atom. The highest BCUT2D eigenvalue weighted by Crippen LogP contribution is 2.56. The van der Waals surface area contributed by atoms with Crippen molar-refractivity contribution >= 4 is 19.2 Å². The number of hydrogen-bond acceptors (Lipinski definition) is 4. The summed E-state index contributed by atoms with van der Waals surface area (Å²) < 4.78 is 18.3. The van der Waals surface area contributed by atoms with E-state index in [-0.39, 0.29) is 13.0 Å². The molecule has 1 aromatic carbocycles. The third kappa shape index (κ3) is 4.29. The van der Waals surface area contributed by atoms with Crippen molar-refractivity contribution in [3.05, 3.63) is 35.9 Å². The van der Waals surface area contributed by atoms with Crippen LogP contribution in [-0.2, 0) is 25.3 Å². The second-order valence-corrected chi connectivity index (χ2v) is 9.15. The van der Waals surface area contributed by atoms with Crippen LogP contribution in [0.3, 0.4) is 0 Å². The SMILES string of the molecule is COC(C)(Cc1ccccc1)P(=O)(O)CC(=O)N1CCCC1C(=O)O. The van der Waals surface area contributed by atoms with Gasteiger partial charge in [0.2, 0.25) is 13.3 Å². The molecule has 2 rings (SSSR count). The molecule has 138 valence electrons. The number of carboxylic acids is 1. The molecule has 7 nitrogen and oxygen atoms in total. The first-order valence-electron chi connectivity index (χ1n) is 8.13. The number of carboxylic acid groups (broad SMARTS) is 1. The van der Waals surface area contributed by atoms with Crippen molar-refractivity contribution < 1.29 is 28.9 Å². The molecule has 3 unspecified atom stereocenters. The summed E-state index contributed by atoms with van der Waals surface area (Å²) in [5, 5.41) is 7.75. The van der Waals surface area contributed by atoms with Gasteiger partial charge in [0.05, 0.1) is 0 Å². The Morgan fingerprint density at radius 3 is 2.56 bits per heavy atom. The van der Waals surface area contributed by atoms with Gasteiger partial charge in [0, 0.05) is 20.1 Å². The number of carbonyl (C=O) groups is 2. The van der Waals surface area contributed by atoms with Crippen LogP contribution in [0.5, 0.6) is 0 Å². The Balaban J connectivity index is 2.16. The molecule has 1 heterocycles. The molecule has 0 aromatic heterocycles. The van der Waals surface area contributed by atoms with E-state index in [1.165, 1.54) is 18.9 Å². The zero-order valence-electron chi connectivity index (χ0n) is 14.4. The number of aliphatic carboxylic acids is 1. The van der Waals surface area contributed by atoms with Crippen molar-refractivity contribution in [2.75, 3.05) is 19.8 Å². The fourth-order valence-corrected chi connectivity index (χ4v) is 4.67. The molecular weight excluding hydrogens is 345 g/mol. The van der Waals surface area contributed by atoms with Gasteiger partial charge < -0.3 is 19.6 Å². The average molecular weight is 369 g/mol.